The van der Waals surface area contributed by atoms with Gasteiger partial charge in [0.2, 0.25) is 0 Å². The molecule has 106 valence electrons. The van der Waals surface area contributed by atoms with Crippen LogP contribution in [0.25, 0.3) is 0 Å². The highest BCUT2D eigenvalue weighted by Gasteiger charge is 2.26. The van der Waals surface area contributed by atoms with Crippen LogP contribution < -0.4 is 0 Å². The number of carboxylic acid groups (broad SMARTS) is 1. The number of unbranched alkanes of at least 4 members (excludes halogenated alkanes) is 1. The Morgan fingerprint density at radius 3 is 2.42 bits per heavy atom. The van der Waals surface area contributed by atoms with E-state index in [1.54, 1.807) is 19.2 Å². The number of methoxy groups -OCH3 is 1. The number of ether oxygens (including phenoxy) is 1. The molecule has 2 atom stereocenters. The summed E-state index contributed by atoms with van der Waals surface area (Å²) in [5.41, 5.74) is 1.64. The Kier molecular flexibility index (Phi) is 6.53. The molecule has 0 bridgehead atoms. The fraction of sp³-hybridized carbons (Fsp3) is 0.533. The van der Waals surface area contributed by atoms with Crippen LogP contribution in [0.3, 0.4) is 0 Å². The van der Waals surface area contributed by atoms with E-state index in [9.17, 15) is 15.0 Å². The molecule has 0 aliphatic carbocycles. The van der Waals surface area contributed by atoms with Crippen LogP contribution in [0.15, 0.2) is 24.3 Å². The number of aliphatic hydroxyl groups excluding tert-OH is 1. The summed E-state index contributed by atoms with van der Waals surface area (Å²) in [6, 6.07) is 7.23. The molecule has 2 N–H and O–H groups in total. The third-order valence-electron chi connectivity index (χ3n) is 3.20. The first-order valence-electron chi connectivity index (χ1n) is 6.58. The number of carboxylic acids is 1. The van der Waals surface area contributed by atoms with Crippen LogP contribution >= 0.6 is 0 Å². The van der Waals surface area contributed by atoms with E-state index in [4.69, 9.17) is 4.74 Å². The van der Waals surface area contributed by atoms with Crippen molar-refractivity contribution in [3.8, 4) is 0 Å². The molecule has 1 aromatic carbocycles. The summed E-state index contributed by atoms with van der Waals surface area (Å²) >= 11 is 0. The first-order valence-corrected chi connectivity index (χ1v) is 6.58. The van der Waals surface area contributed by atoms with Crippen molar-refractivity contribution >= 4 is 5.97 Å². The van der Waals surface area contributed by atoms with Crippen molar-refractivity contribution in [1.29, 1.82) is 0 Å². The second-order valence-corrected chi connectivity index (χ2v) is 4.71. The Balaban J connectivity index is 2.77. The second kappa shape index (κ2) is 7.92. The SMILES string of the molecule is CCCCC(C(=O)O)C(O)c1ccc(COC)cc1. The summed E-state index contributed by atoms with van der Waals surface area (Å²) in [5.74, 6) is -1.69. The van der Waals surface area contributed by atoms with Crippen LogP contribution in [0, 0.1) is 5.92 Å². The normalized spacial score (nSPS) is 14.1. The Labute approximate surface area is 114 Å². The highest BCUT2D eigenvalue weighted by molar-refractivity contribution is 5.71. The average molecular weight is 266 g/mol. The zero-order chi connectivity index (χ0) is 14.3. The largest absolute Gasteiger partial charge is 0.481 e. The zero-order valence-electron chi connectivity index (χ0n) is 11.5. The molecule has 0 fully saturated rings. The fourth-order valence-electron chi connectivity index (χ4n) is 2.05. The van der Waals surface area contributed by atoms with Crippen molar-refractivity contribution in [3.05, 3.63) is 35.4 Å². The summed E-state index contributed by atoms with van der Waals surface area (Å²) in [4.78, 5) is 11.2. The molecular formula is C15H22O4. The molecule has 0 amide bonds. The molecule has 0 aromatic heterocycles. The number of aliphatic hydroxyl groups is 1. The Morgan fingerprint density at radius 1 is 1.32 bits per heavy atom. The van der Waals surface area contributed by atoms with Crippen molar-refractivity contribution in [2.45, 2.75) is 38.9 Å². The quantitative estimate of drug-likeness (QED) is 0.759. The maximum absolute atomic E-state index is 11.2. The van der Waals surface area contributed by atoms with Crippen LogP contribution in [0.2, 0.25) is 0 Å². The van der Waals surface area contributed by atoms with E-state index in [-0.39, 0.29) is 0 Å². The number of hydrogen-bond acceptors (Lipinski definition) is 3. The van der Waals surface area contributed by atoms with E-state index in [0.717, 1.165) is 18.4 Å². The molecule has 0 radical (unpaired) electrons. The molecule has 0 heterocycles. The lowest BCUT2D eigenvalue weighted by Crippen LogP contribution is -2.22. The molecule has 0 saturated carbocycles. The highest BCUT2D eigenvalue weighted by atomic mass is 16.5. The van der Waals surface area contributed by atoms with Gasteiger partial charge in [-0.15, -0.1) is 0 Å². The van der Waals surface area contributed by atoms with Gasteiger partial charge < -0.3 is 14.9 Å². The van der Waals surface area contributed by atoms with Gasteiger partial charge in [0.25, 0.3) is 0 Å². The molecule has 2 unspecified atom stereocenters. The molecule has 19 heavy (non-hydrogen) atoms. The van der Waals surface area contributed by atoms with Gasteiger partial charge >= 0.3 is 5.97 Å². The molecule has 0 saturated heterocycles. The molecule has 0 aliphatic rings. The van der Waals surface area contributed by atoms with Gasteiger partial charge in [-0.3, -0.25) is 4.79 Å². The number of aliphatic carboxylic acids is 1. The van der Waals surface area contributed by atoms with Crippen molar-refractivity contribution in [1.82, 2.24) is 0 Å². The minimum Gasteiger partial charge on any atom is -0.481 e. The minimum atomic E-state index is -0.958. The van der Waals surface area contributed by atoms with Gasteiger partial charge in [-0.05, 0) is 17.5 Å². The van der Waals surface area contributed by atoms with Gasteiger partial charge in [0, 0.05) is 7.11 Å². The molecular weight excluding hydrogens is 244 g/mol. The summed E-state index contributed by atoms with van der Waals surface area (Å²) in [6.07, 6.45) is 1.26. The lowest BCUT2D eigenvalue weighted by Gasteiger charge is -2.19. The van der Waals surface area contributed by atoms with Gasteiger partial charge in [-0.25, -0.2) is 0 Å². The van der Waals surface area contributed by atoms with E-state index >= 15 is 0 Å². The van der Waals surface area contributed by atoms with E-state index in [2.05, 4.69) is 0 Å². The van der Waals surface area contributed by atoms with Crippen LogP contribution in [-0.4, -0.2) is 23.3 Å². The minimum absolute atomic E-state index is 0.493. The molecule has 1 aromatic rings. The predicted octanol–water partition coefficient (Wildman–Crippen LogP) is 2.76. The van der Waals surface area contributed by atoms with E-state index in [0.29, 0.717) is 18.6 Å². The molecule has 4 nitrogen and oxygen atoms in total. The number of hydrogen-bond donors (Lipinski definition) is 2. The van der Waals surface area contributed by atoms with Crippen molar-refractivity contribution in [2.24, 2.45) is 5.92 Å². The molecule has 0 spiro atoms. The van der Waals surface area contributed by atoms with E-state index in [1.165, 1.54) is 0 Å². The van der Waals surface area contributed by atoms with Gasteiger partial charge in [0.05, 0.1) is 18.6 Å². The van der Waals surface area contributed by atoms with Crippen molar-refractivity contribution in [3.63, 3.8) is 0 Å². The monoisotopic (exact) mass is 266 g/mol. The molecule has 4 heteroatoms. The number of benzene rings is 1. The van der Waals surface area contributed by atoms with E-state index < -0.39 is 18.0 Å². The van der Waals surface area contributed by atoms with Gasteiger partial charge in [-0.1, -0.05) is 44.0 Å². The lowest BCUT2D eigenvalue weighted by atomic mass is 9.91. The summed E-state index contributed by atoms with van der Waals surface area (Å²) in [5, 5.41) is 19.4. The third kappa shape index (κ3) is 4.65. The van der Waals surface area contributed by atoms with Gasteiger partial charge in [0.15, 0.2) is 0 Å². The molecule has 1 rings (SSSR count). The van der Waals surface area contributed by atoms with Crippen molar-refractivity contribution in [2.75, 3.05) is 7.11 Å². The van der Waals surface area contributed by atoms with Crippen LogP contribution in [0.4, 0.5) is 0 Å². The topological polar surface area (TPSA) is 66.8 Å². The number of carbonyl (C=O) groups is 1. The summed E-state index contributed by atoms with van der Waals surface area (Å²) in [7, 11) is 1.62. The fourth-order valence-corrected chi connectivity index (χ4v) is 2.05. The third-order valence-corrected chi connectivity index (χ3v) is 3.20. The summed E-state index contributed by atoms with van der Waals surface area (Å²) in [6.45, 7) is 2.51. The maximum atomic E-state index is 11.2. The van der Waals surface area contributed by atoms with Crippen LogP contribution in [0.5, 0.6) is 0 Å². The standard InChI is InChI=1S/C15H22O4/c1-3-4-5-13(15(17)18)14(16)12-8-6-11(7-9-12)10-19-2/h6-9,13-14,16H,3-5,10H2,1-2H3,(H,17,18). The smallest absolute Gasteiger partial charge is 0.309 e. The first kappa shape index (κ1) is 15.7. The van der Waals surface area contributed by atoms with Crippen molar-refractivity contribution < 1.29 is 19.7 Å². The van der Waals surface area contributed by atoms with Crippen LogP contribution in [-0.2, 0) is 16.1 Å². The molecule has 0 aliphatic heterocycles. The Hall–Kier alpha value is -1.39. The Bertz CT molecular complexity index is 386. The average Bonchev–Trinajstić information content (AvgIpc) is 2.40. The first-order chi connectivity index (χ1) is 9.10. The highest BCUT2D eigenvalue weighted by Crippen LogP contribution is 2.27. The zero-order valence-corrected chi connectivity index (χ0v) is 11.5. The Morgan fingerprint density at radius 2 is 1.95 bits per heavy atom. The summed E-state index contributed by atoms with van der Waals surface area (Å²) < 4.78 is 5.01. The number of rotatable bonds is 8. The second-order valence-electron chi connectivity index (χ2n) is 4.71. The maximum Gasteiger partial charge on any atom is 0.309 e. The predicted molar refractivity (Wildman–Crippen MR) is 72.8 cm³/mol. The van der Waals surface area contributed by atoms with Gasteiger partial charge in [-0.2, -0.15) is 0 Å². The van der Waals surface area contributed by atoms with E-state index in [1.807, 2.05) is 19.1 Å². The lowest BCUT2D eigenvalue weighted by molar-refractivity contribution is -0.146. The van der Waals surface area contributed by atoms with Gasteiger partial charge in [0.1, 0.15) is 0 Å². The van der Waals surface area contributed by atoms with Crippen LogP contribution in [0.1, 0.15) is 43.4 Å².